The number of nitrogens with one attached hydrogen (secondary N) is 3. The zero-order valence-electron chi connectivity index (χ0n) is 23.1. The fourth-order valence-electron chi connectivity index (χ4n) is 5.68. The van der Waals surface area contributed by atoms with Crippen LogP contribution in [0.2, 0.25) is 0 Å². The van der Waals surface area contributed by atoms with Crippen LogP contribution in [0.4, 0.5) is 0 Å². The second-order valence-electron chi connectivity index (χ2n) is 11.5. The van der Waals surface area contributed by atoms with Gasteiger partial charge in [0, 0.05) is 0 Å². The third-order valence-corrected chi connectivity index (χ3v) is 7.75. The summed E-state index contributed by atoms with van der Waals surface area (Å²) in [5.74, 6) is -5.94. The van der Waals surface area contributed by atoms with E-state index in [4.69, 9.17) is 11.5 Å². The fourth-order valence-corrected chi connectivity index (χ4v) is 5.68. The van der Waals surface area contributed by atoms with Crippen molar-refractivity contribution in [1.82, 2.24) is 16.0 Å². The van der Waals surface area contributed by atoms with Gasteiger partial charge in [0.25, 0.3) is 0 Å². The van der Waals surface area contributed by atoms with E-state index in [1.54, 1.807) is 0 Å². The maximum absolute atomic E-state index is 13.5. The Bertz CT molecular complexity index is 903. The van der Waals surface area contributed by atoms with Gasteiger partial charge in [-0.25, -0.2) is 0 Å². The molecule has 12 nitrogen and oxygen atoms in total. The summed E-state index contributed by atoms with van der Waals surface area (Å²) < 4.78 is 0. The first-order valence-corrected chi connectivity index (χ1v) is 14.1. The van der Waals surface area contributed by atoms with Crippen LogP contribution in [-0.2, 0) is 28.8 Å². The molecule has 220 valence electrons. The van der Waals surface area contributed by atoms with Crippen molar-refractivity contribution < 1.29 is 33.9 Å². The summed E-state index contributed by atoms with van der Waals surface area (Å²) in [4.78, 5) is 75.1. The highest BCUT2D eigenvalue weighted by Crippen LogP contribution is 2.31. The van der Waals surface area contributed by atoms with Crippen LogP contribution in [0.25, 0.3) is 0 Å². The Balaban J connectivity index is 2.21. The van der Waals surface area contributed by atoms with Crippen molar-refractivity contribution in [1.29, 1.82) is 0 Å². The van der Waals surface area contributed by atoms with E-state index < -0.39 is 71.9 Å². The van der Waals surface area contributed by atoms with Gasteiger partial charge >= 0.3 is 5.97 Å². The van der Waals surface area contributed by atoms with E-state index in [9.17, 15) is 33.9 Å². The van der Waals surface area contributed by atoms with Crippen molar-refractivity contribution >= 4 is 35.5 Å². The van der Waals surface area contributed by atoms with E-state index >= 15 is 0 Å². The highest BCUT2D eigenvalue weighted by molar-refractivity contribution is 5.96. The molecule has 12 heteroatoms. The Morgan fingerprint density at radius 1 is 0.744 bits per heavy atom. The van der Waals surface area contributed by atoms with Crippen LogP contribution >= 0.6 is 0 Å². The minimum Gasteiger partial charge on any atom is -0.481 e. The number of carbonyl (C=O) groups is 6. The molecule has 0 heterocycles. The highest BCUT2D eigenvalue weighted by Gasteiger charge is 2.38. The molecule has 0 saturated heterocycles. The first-order chi connectivity index (χ1) is 18.4. The van der Waals surface area contributed by atoms with Gasteiger partial charge in [-0.15, -0.1) is 0 Å². The number of hydrogen-bond acceptors (Lipinski definition) is 6. The minimum absolute atomic E-state index is 0.0384. The van der Waals surface area contributed by atoms with E-state index in [1.807, 2.05) is 13.8 Å². The van der Waals surface area contributed by atoms with Crippen LogP contribution in [-0.4, -0.2) is 58.7 Å². The lowest BCUT2D eigenvalue weighted by molar-refractivity contribution is -0.149. The summed E-state index contributed by atoms with van der Waals surface area (Å²) in [6, 6.07) is -3.40. The molecule has 2 aliphatic rings. The summed E-state index contributed by atoms with van der Waals surface area (Å²) in [6.07, 6.45) is 7.22. The van der Waals surface area contributed by atoms with E-state index in [0.717, 1.165) is 44.9 Å². The number of primary amides is 2. The first kappa shape index (κ1) is 32.0. The van der Waals surface area contributed by atoms with Crippen molar-refractivity contribution in [3.05, 3.63) is 0 Å². The maximum Gasteiger partial charge on any atom is 0.307 e. The van der Waals surface area contributed by atoms with Crippen molar-refractivity contribution in [3.63, 3.8) is 0 Å². The van der Waals surface area contributed by atoms with Gasteiger partial charge in [-0.3, -0.25) is 28.8 Å². The minimum atomic E-state index is -1.38. The summed E-state index contributed by atoms with van der Waals surface area (Å²) in [7, 11) is 0. The Labute approximate surface area is 229 Å². The van der Waals surface area contributed by atoms with E-state index in [0.29, 0.717) is 19.3 Å². The zero-order valence-corrected chi connectivity index (χ0v) is 23.1. The quantitative estimate of drug-likeness (QED) is 0.182. The number of aliphatic carboxylic acids is 1. The van der Waals surface area contributed by atoms with Gasteiger partial charge in [0.1, 0.15) is 18.1 Å². The Hall–Kier alpha value is -3.18. The van der Waals surface area contributed by atoms with Crippen molar-refractivity contribution in [2.75, 3.05) is 0 Å². The second-order valence-corrected chi connectivity index (χ2v) is 11.5. The predicted octanol–water partition coefficient (Wildman–Crippen LogP) is 0.709. The molecule has 0 aromatic heterocycles. The SMILES string of the molecule is CC(C)C[C@H](NC(=O)[C@H](CC(N)=O)NC(=O)[C@H](CC1CCCCC1)NC(=O)[C@@H]1CCCC[C@H]1C(=O)O)C(N)=O. The van der Waals surface area contributed by atoms with Crippen molar-refractivity contribution in [2.24, 2.45) is 35.1 Å². The number of rotatable bonds is 14. The van der Waals surface area contributed by atoms with Crippen LogP contribution in [0, 0.1) is 23.7 Å². The van der Waals surface area contributed by atoms with Gasteiger partial charge in [-0.1, -0.05) is 58.8 Å². The molecule has 0 aromatic rings. The Morgan fingerprint density at radius 2 is 1.28 bits per heavy atom. The maximum atomic E-state index is 13.5. The Morgan fingerprint density at radius 3 is 1.82 bits per heavy atom. The van der Waals surface area contributed by atoms with Crippen LogP contribution in [0.3, 0.4) is 0 Å². The standard InChI is InChI=1S/C27H45N5O7/c1-15(2)12-19(23(29)34)30-26(37)21(14-22(28)33)32-25(36)20(13-16-8-4-3-5-9-16)31-24(35)17-10-6-7-11-18(17)27(38)39/h15-21H,3-14H2,1-2H3,(H2,28,33)(H2,29,34)(H,30,37)(H,31,35)(H,32,36)(H,38,39)/t17-,18-,19+,20+,21+/m1/s1. The molecule has 5 amide bonds. The molecule has 5 atom stereocenters. The van der Waals surface area contributed by atoms with Crippen LogP contribution in [0.15, 0.2) is 0 Å². The molecule has 2 fully saturated rings. The summed E-state index contributed by atoms with van der Waals surface area (Å²) in [5, 5.41) is 17.4. The number of carbonyl (C=O) groups excluding carboxylic acids is 5. The third kappa shape index (κ3) is 10.5. The van der Waals surface area contributed by atoms with Crippen molar-refractivity contribution in [2.45, 2.75) is 109 Å². The number of carboxylic acids is 1. The van der Waals surface area contributed by atoms with E-state index in [1.165, 1.54) is 0 Å². The molecular weight excluding hydrogens is 506 g/mol. The van der Waals surface area contributed by atoms with E-state index in [-0.39, 0.29) is 18.3 Å². The number of nitrogens with two attached hydrogens (primary N) is 2. The summed E-state index contributed by atoms with van der Waals surface area (Å²) >= 11 is 0. The zero-order chi connectivity index (χ0) is 29.1. The molecule has 0 bridgehead atoms. The van der Waals surface area contributed by atoms with Crippen LogP contribution in [0.5, 0.6) is 0 Å². The first-order valence-electron chi connectivity index (χ1n) is 14.1. The average molecular weight is 552 g/mol. The Kier molecular flexibility index (Phi) is 12.7. The third-order valence-electron chi connectivity index (χ3n) is 7.75. The lowest BCUT2D eigenvalue weighted by atomic mass is 9.78. The molecule has 2 rings (SSSR count). The number of amides is 5. The lowest BCUT2D eigenvalue weighted by Crippen LogP contribution is -2.58. The predicted molar refractivity (Wildman–Crippen MR) is 143 cm³/mol. The number of carboxylic acid groups (broad SMARTS) is 1. The molecule has 0 aliphatic heterocycles. The largest absolute Gasteiger partial charge is 0.481 e. The molecular formula is C27H45N5O7. The van der Waals surface area contributed by atoms with Gasteiger partial charge in [0.2, 0.25) is 29.5 Å². The summed E-state index contributed by atoms with van der Waals surface area (Å²) in [5.41, 5.74) is 10.8. The van der Waals surface area contributed by atoms with Crippen LogP contribution in [0.1, 0.15) is 90.9 Å². The lowest BCUT2D eigenvalue weighted by Gasteiger charge is -2.31. The molecule has 0 unspecified atom stereocenters. The van der Waals surface area contributed by atoms with Gasteiger partial charge in [-0.05, 0) is 37.5 Å². The fraction of sp³-hybridized carbons (Fsp3) is 0.778. The monoisotopic (exact) mass is 551 g/mol. The normalized spacial score (nSPS) is 22.2. The van der Waals surface area contributed by atoms with Gasteiger partial charge in [0.15, 0.2) is 0 Å². The van der Waals surface area contributed by atoms with Gasteiger partial charge in [0.05, 0.1) is 18.3 Å². The van der Waals surface area contributed by atoms with Crippen molar-refractivity contribution in [3.8, 4) is 0 Å². The smallest absolute Gasteiger partial charge is 0.307 e. The summed E-state index contributed by atoms with van der Waals surface area (Å²) in [6.45, 7) is 3.70. The number of hydrogen-bond donors (Lipinski definition) is 6. The topological polar surface area (TPSA) is 211 Å². The molecule has 2 aliphatic carbocycles. The molecule has 0 spiro atoms. The average Bonchev–Trinajstić information content (AvgIpc) is 2.87. The molecule has 2 saturated carbocycles. The molecule has 0 aromatic carbocycles. The van der Waals surface area contributed by atoms with Gasteiger partial charge in [-0.2, -0.15) is 0 Å². The molecule has 39 heavy (non-hydrogen) atoms. The molecule has 0 radical (unpaired) electrons. The molecule has 8 N–H and O–H groups in total. The van der Waals surface area contributed by atoms with Crippen LogP contribution < -0.4 is 27.4 Å². The second kappa shape index (κ2) is 15.4. The van der Waals surface area contributed by atoms with Gasteiger partial charge < -0.3 is 32.5 Å². The highest BCUT2D eigenvalue weighted by atomic mass is 16.4. The van der Waals surface area contributed by atoms with E-state index in [2.05, 4.69) is 16.0 Å².